The molecule has 1 heterocycles. The van der Waals surface area contributed by atoms with E-state index in [0.717, 1.165) is 12.5 Å². The SMILES string of the molecule is OC1=COC=C(O)O1. The normalized spacial score (nSPS) is 17.5. The van der Waals surface area contributed by atoms with Crippen LogP contribution in [-0.2, 0) is 9.47 Å². The fourth-order valence-corrected chi connectivity index (χ4v) is 0.306. The molecule has 8 heavy (non-hydrogen) atoms. The lowest BCUT2D eigenvalue weighted by atomic mass is 10.8. The lowest BCUT2D eigenvalue weighted by Crippen LogP contribution is -1.96. The summed E-state index contributed by atoms with van der Waals surface area (Å²) < 4.78 is 8.54. The second-order valence-corrected chi connectivity index (χ2v) is 1.15. The Morgan fingerprint density at radius 3 is 1.88 bits per heavy atom. The van der Waals surface area contributed by atoms with E-state index in [1.54, 1.807) is 0 Å². The van der Waals surface area contributed by atoms with Gasteiger partial charge in [-0.25, -0.2) is 0 Å². The summed E-state index contributed by atoms with van der Waals surface area (Å²) in [6, 6.07) is 0. The molecule has 0 spiro atoms. The van der Waals surface area contributed by atoms with Gasteiger partial charge in [-0.3, -0.25) is 0 Å². The van der Waals surface area contributed by atoms with Crippen LogP contribution < -0.4 is 0 Å². The van der Waals surface area contributed by atoms with Crippen molar-refractivity contribution < 1.29 is 19.7 Å². The molecule has 1 aliphatic rings. The van der Waals surface area contributed by atoms with Gasteiger partial charge in [0, 0.05) is 0 Å². The highest BCUT2D eigenvalue weighted by Gasteiger charge is 2.03. The van der Waals surface area contributed by atoms with Crippen molar-refractivity contribution in [3.05, 3.63) is 24.4 Å². The third-order valence-corrected chi connectivity index (χ3v) is 0.547. The molecular weight excluding hydrogens is 112 g/mol. The molecule has 0 aliphatic carbocycles. The van der Waals surface area contributed by atoms with Crippen molar-refractivity contribution in [1.29, 1.82) is 0 Å². The van der Waals surface area contributed by atoms with Crippen molar-refractivity contribution in [2.45, 2.75) is 0 Å². The van der Waals surface area contributed by atoms with Crippen LogP contribution in [-0.4, -0.2) is 10.2 Å². The van der Waals surface area contributed by atoms with Crippen LogP contribution >= 0.6 is 0 Å². The molecule has 0 amide bonds. The molecule has 0 aromatic carbocycles. The van der Waals surface area contributed by atoms with E-state index in [2.05, 4.69) is 9.47 Å². The molecule has 2 N–H and O–H groups in total. The zero-order valence-corrected chi connectivity index (χ0v) is 3.87. The first kappa shape index (κ1) is 4.83. The Hall–Kier alpha value is -1.32. The van der Waals surface area contributed by atoms with Crippen LogP contribution in [0.3, 0.4) is 0 Å². The largest absolute Gasteiger partial charge is 0.478 e. The van der Waals surface area contributed by atoms with Crippen LogP contribution in [0.2, 0.25) is 0 Å². The van der Waals surface area contributed by atoms with Crippen LogP contribution in [0.1, 0.15) is 0 Å². The van der Waals surface area contributed by atoms with Gasteiger partial charge in [-0.05, 0) is 0 Å². The number of aliphatic hydroxyl groups excluding tert-OH is 2. The molecule has 0 saturated heterocycles. The Bertz CT molecular complexity index is 130. The van der Waals surface area contributed by atoms with E-state index in [9.17, 15) is 0 Å². The second kappa shape index (κ2) is 1.65. The highest BCUT2D eigenvalue weighted by molar-refractivity contribution is 4.88. The predicted octanol–water partition coefficient (Wildman–Crippen LogP) is 0.747. The highest BCUT2D eigenvalue weighted by atomic mass is 16.7. The molecule has 1 rings (SSSR count). The fourth-order valence-electron chi connectivity index (χ4n) is 0.306. The quantitative estimate of drug-likeness (QED) is 0.490. The van der Waals surface area contributed by atoms with Gasteiger partial charge in [-0.2, -0.15) is 0 Å². The monoisotopic (exact) mass is 116 g/mol. The predicted molar refractivity (Wildman–Crippen MR) is 23.6 cm³/mol. The smallest absolute Gasteiger partial charge is 0.321 e. The van der Waals surface area contributed by atoms with E-state index < -0.39 is 11.9 Å². The third kappa shape index (κ3) is 0.841. The Kier molecular flexibility index (Phi) is 0.997. The number of hydrogen-bond donors (Lipinski definition) is 2. The van der Waals surface area contributed by atoms with Crippen LogP contribution in [0, 0.1) is 0 Å². The van der Waals surface area contributed by atoms with Gasteiger partial charge in [0.2, 0.25) is 0 Å². The molecule has 0 radical (unpaired) electrons. The lowest BCUT2D eigenvalue weighted by Gasteiger charge is -2.04. The summed E-state index contributed by atoms with van der Waals surface area (Å²) in [4.78, 5) is 0. The molecule has 44 valence electrons. The van der Waals surface area contributed by atoms with Crippen molar-refractivity contribution in [3.63, 3.8) is 0 Å². The topological polar surface area (TPSA) is 58.9 Å². The molecular formula is C4H4O4. The van der Waals surface area contributed by atoms with E-state index >= 15 is 0 Å². The zero-order chi connectivity index (χ0) is 5.98. The molecule has 0 aromatic heterocycles. The van der Waals surface area contributed by atoms with Gasteiger partial charge >= 0.3 is 11.9 Å². The van der Waals surface area contributed by atoms with Crippen molar-refractivity contribution in [1.82, 2.24) is 0 Å². The van der Waals surface area contributed by atoms with E-state index in [1.165, 1.54) is 0 Å². The number of aliphatic hydroxyl groups is 2. The minimum Gasteiger partial charge on any atom is -0.478 e. The molecule has 0 fully saturated rings. The summed E-state index contributed by atoms with van der Waals surface area (Å²) >= 11 is 0. The zero-order valence-electron chi connectivity index (χ0n) is 3.87. The van der Waals surface area contributed by atoms with Gasteiger partial charge in [-0.15, -0.1) is 0 Å². The minimum atomic E-state index is -0.454. The highest BCUT2D eigenvalue weighted by Crippen LogP contribution is 2.06. The standard InChI is InChI=1S/C4H4O4/c5-3-1-7-2-4(6)8-3/h1-2,5-6H. The first-order valence-electron chi connectivity index (χ1n) is 1.90. The van der Waals surface area contributed by atoms with E-state index in [0.29, 0.717) is 0 Å². The Morgan fingerprint density at radius 2 is 1.62 bits per heavy atom. The van der Waals surface area contributed by atoms with Crippen LogP contribution in [0.4, 0.5) is 0 Å². The van der Waals surface area contributed by atoms with Gasteiger partial charge in [0.25, 0.3) is 0 Å². The fraction of sp³-hybridized carbons (Fsp3) is 0. The molecule has 0 bridgehead atoms. The molecule has 0 unspecified atom stereocenters. The number of hydrogen-bond acceptors (Lipinski definition) is 4. The first-order chi connectivity index (χ1) is 3.79. The minimum absolute atomic E-state index is 0.454. The van der Waals surface area contributed by atoms with Crippen LogP contribution in [0.5, 0.6) is 0 Å². The van der Waals surface area contributed by atoms with E-state index in [1.807, 2.05) is 0 Å². The summed E-state index contributed by atoms with van der Waals surface area (Å²) in [5.74, 6) is -0.907. The molecule has 0 saturated carbocycles. The van der Waals surface area contributed by atoms with Crippen molar-refractivity contribution >= 4 is 0 Å². The Labute approximate surface area is 45.3 Å². The molecule has 1 aliphatic heterocycles. The summed E-state index contributed by atoms with van der Waals surface area (Å²) in [5, 5.41) is 16.8. The van der Waals surface area contributed by atoms with Gasteiger partial charge in [0.15, 0.2) is 12.5 Å². The van der Waals surface area contributed by atoms with Crippen molar-refractivity contribution in [3.8, 4) is 0 Å². The molecule has 0 aromatic rings. The summed E-state index contributed by atoms with van der Waals surface area (Å²) in [5.41, 5.74) is 0. The maximum atomic E-state index is 8.39. The number of rotatable bonds is 0. The van der Waals surface area contributed by atoms with Gasteiger partial charge in [0.05, 0.1) is 0 Å². The van der Waals surface area contributed by atoms with E-state index in [-0.39, 0.29) is 0 Å². The van der Waals surface area contributed by atoms with Crippen LogP contribution in [0.15, 0.2) is 24.4 Å². The summed E-state index contributed by atoms with van der Waals surface area (Å²) in [6.45, 7) is 0. The molecule has 4 heteroatoms. The maximum Gasteiger partial charge on any atom is 0.321 e. The third-order valence-electron chi connectivity index (χ3n) is 0.547. The van der Waals surface area contributed by atoms with Crippen molar-refractivity contribution in [2.75, 3.05) is 0 Å². The Morgan fingerprint density at radius 1 is 1.12 bits per heavy atom. The van der Waals surface area contributed by atoms with Gasteiger partial charge in [-0.1, -0.05) is 0 Å². The average molecular weight is 116 g/mol. The van der Waals surface area contributed by atoms with Gasteiger partial charge in [0.1, 0.15) is 0 Å². The summed E-state index contributed by atoms with van der Waals surface area (Å²) in [6.07, 6.45) is 1.92. The van der Waals surface area contributed by atoms with E-state index in [4.69, 9.17) is 10.2 Å². The molecule has 4 nitrogen and oxygen atoms in total. The average Bonchev–Trinajstić information content (AvgIpc) is 1.64. The number of ether oxygens (including phenoxy) is 2. The summed E-state index contributed by atoms with van der Waals surface area (Å²) in [7, 11) is 0. The molecule has 0 atom stereocenters. The first-order valence-corrected chi connectivity index (χ1v) is 1.90. The van der Waals surface area contributed by atoms with Crippen LogP contribution in [0.25, 0.3) is 0 Å². The Balaban J connectivity index is 2.57. The van der Waals surface area contributed by atoms with Gasteiger partial charge < -0.3 is 19.7 Å². The second-order valence-electron chi connectivity index (χ2n) is 1.15. The van der Waals surface area contributed by atoms with Crippen molar-refractivity contribution in [2.24, 2.45) is 0 Å². The maximum absolute atomic E-state index is 8.39. The lowest BCUT2D eigenvalue weighted by molar-refractivity contribution is 0.0337.